The molecule has 4 rings (SSSR count). The topological polar surface area (TPSA) is 32.5 Å². The average Bonchev–Trinajstić information content (AvgIpc) is 3.18. The van der Waals surface area contributed by atoms with Crippen LogP contribution in [0.4, 0.5) is 11.4 Å². The van der Waals surface area contributed by atoms with Crippen LogP contribution < -0.4 is 10.6 Å². The Morgan fingerprint density at radius 1 is 1.22 bits per heavy atom. The minimum Gasteiger partial charge on any atom is -0.399 e. The number of fused-ring (bicyclic) bond motifs is 4. The molecule has 2 aliphatic heterocycles. The van der Waals surface area contributed by atoms with Crippen molar-refractivity contribution in [2.24, 2.45) is 5.92 Å². The first-order valence-corrected chi connectivity index (χ1v) is 7.17. The molecule has 0 amide bonds. The van der Waals surface area contributed by atoms with Crippen molar-refractivity contribution in [1.82, 2.24) is 4.90 Å². The fourth-order valence-corrected chi connectivity index (χ4v) is 3.48. The maximum Gasteiger partial charge on any atom is 0.0421 e. The minimum absolute atomic E-state index is 0.732. The largest absolute Gasteiger partial charge is 0.399 e. The number of nitrogens with two attached hydrogens (primary N) is 1. The summed E-state index contributed by atoms with van der Waals surface area (Å²) in [6.07, 6.45) is 4.12. The summed E-state index contributed by atoms with van der Waals surface area (Å²) in [5.41, 5.74) is 9.69. The molecule has 1 saturated heterocycles. The molecular formula is C15H21N3. The van der Waals surface area contributed by atoms with Gasteiger partial charge in [-0.2, -0.15) is 0 Å². The predicted octanol–water partition coefficient (Wildman–Crippen LogP) is 1.73. The molecule has 1 aromatic rings. The smallest absolute Gasteiger partial charge is 0.0421 e. The lowest BCUT2D eigenvalue weighted by Crippen LogP contribution is -2.57. The van der Waals surface area contributed by atoms with E-state index < -0.39 is 0 Å². The number of anilines is 2. The standard InChI is InChI=1S/C15H21N3/c16-13-4-3-12-7-14-10-18(15(12)8-13)6-5-17(14)9-11-1-2-11/h3-4,8,11,14H,1-2,5-7,9-10,16H2/t14-/m0/s1. The summed E-state index contributed by atoms with van der Waals surface area (Å²) in [6.45, 7) is 4.93. The van der Waals surface area contributed by atoms with Crippen LogP contribution in [0.1, 0.15) is 18.4 Å². The first-order chi connectivity index (χ1) is 8.79. The monoisotopic (exact) mass is 243 g/mol. The molecule has 3 heteroatoms. The van der Waals surface area contributed by atoms with Crippen molar-refractivity contribution >= 4 is 11.4 Å². The molecule has 3 aliphatic rings. The molecule has 2 N–H and O–H groups in total. The van der Waals surface area contributed by atoms with Gasteiger partial charge in [0.25, 0.3) is 0 Å². The maximum absolute atomic E-state index is 5.92. The van der Waals surface area contributed by atoms with Crippen molar-refractivity contribution in [2.45, 2.75) is 25.3 Å². The van der Waals surface area contributed by atoms with Crippen LogP contribution in [0.25, 0.3) is 0 Å². The summed E-state index contributed by atoms with van der Waals surface area (Å²) in [4.78, 5) is 5.26. The third-order valence-corrected chi connectivity index (χ3v) is 4.70. The molecule has 1 atom stereocenters. The van der Waals surface area contributed by atoms with Gasteiger partial charge in [-0.25, -0.2) is 0 Å². The highest BCUT2D eigenvalue weighted by atomic mass is 15.3. The highest BCUT2D eigenvalue weighted by Crippen LogP contribution is 2.36. The van der Waals surface area contributed by atoms with E-state index in [-0.39, 0.29) is 0 Å². The Hall–Kier alpha value is -1.22. The van der Waals surface area contributed by atoms with Gasteiger partial charge in [-0.15, -0.1) is 0 Å². The Bertz CT molecular complexity index is 467. The summed E-state index contributed by atoms with van der Waals surface area (Å²) in [7, 11) is 0. The van der Waals surface area contributed by atoms with E-state index in [2.05, 4.69) is 21.9 Å². The Kier molecular flexibility index (Phi) is 2.31. The number of hydrogen-bond donors (Lipinski definition) is 1. The van der Waals surface area contributed by atoms with Gasteiger partial charge in [0.1, 0.15) is 0 Å². The minimum atomic E-state index is 0.732. The number of nitrogen functional groups attached to an aromatic ring is 1. The molecule has 0 aromatic heterocycles. The van der Waals surface area contributed by atoms with E-state index in [4.69, 9.17) is 5.73 Å². The second-order valence-corrected chi connectivity index (χ2v) is 6.13. The van der Waals surface area contributed by atoms with Crippen LogP contribution in [0.5, 0.6) is 0 Å². The molecule has 1 aromatic carbocycles. The Balaban J connectivity index is 1.60. The van der Waals surface area contributed by atoms with Crippen LogP contribution in [0.2, 0.25) is 0 Å². The molecule has 0 unspecified atom stereocenters. The van der Waals surface area contributed by atoms with Crippen LogP contribution in [-0.4, -0.2) is 37.1 Å². The van der Waals surface area contributed by atoms with Gasteiger partial charge in [-0.05, 0) is 42.9 Å². The number of rotatable bonds is 2. The van der Waals surface area contributed by atoms with Crippen molar-refractivity contribution in [1.29, 1.82) is 0 Å². The fourth-order valence-electron chi connectivity index (χ4n) is 3.48. The summed E-state index contributed by atoms with van der Waals surface area (Å²) >= 11 is 0. The molecular weight excluding hydrogens is 222 g/mol. The van der Waals surface area contributed by atoms with Gasteiger partial charge in [-0.1, -0.05) is 6.07 Å². The van der Waals surface area contributed by atoms with Crippen molar-refractivity contribution in [3.63, 3.8) is 0 Å². The zero-order valence-corrected chi connectivity index (χ0v) is 10.8. The molecule has 1 saturated carbocycles. The van der Waals surface area contributed by atoms with E-state index >= 15 is 0 Å². The molecule has 96 valence electrons. The van der Waals surface area contributed by atoms with E-state index in [0.29, 0.717) is 0 Å². The van der Waals surface area contributed by atoms with Crippen LogP contribution >= 0.6 is 0 Å². The van der Waals surface area contributed by atoms with Crippen LogP contribution in [0, 0.1) is 5.92 Å². The molecule has 3 nitrogen and oxygen atoms in total. The lowest BCUT2D eigenvalue weighted by atomic mass is 9.94. The molecule has 1 aliphatic carbocycles. The number of piperazine rings is 1. The van der Waals surface area contributed by atoms with E-state index in [1.807, 2.05) is 6.07 Å². The second kappa shape index (κ2) is 3.89. The van der Waals surface area contributed by atoms with Crippen molar-refractivity contribution in [2.75, 3.05) is 36.8 Å². The Morgan fingerprint density at radius 2 is 2.11 bits per heavy atom. The fraction of sp³-hybridized carbons (Fsp3) is 0.600. The third-order valence-electron chi connectivity index (χ3n) is 4.70. The van der Waals surface area contributed by atoms with Gasteiger partial charge in [0.2, 0.25) is 0 Å². The molecule has 18 heavy (non-hydrogen) atoms. The molecule has 2 heterocycles. The van der Waals surface area contributed by atoms with Gasteiger partial charge in [0, 0.05) is 43.6 Å². The zero-order chi connectivity index (χ0) is 12.1. The van der Waals surface area contributed by atoms with Crippen molar-refractivity contribution in [3.05, 3.63) is 23.8 Å². The highest BCUT2D eigenvalue weighted by Gasteiger charge is 2.35. The van der Waals surface area contributed by atoms with E-state index in [1.165, 1.54) is 56.7 Å². The van der Waals surface area contributed by atoms with Gasteiger partial charge < -0.3 is 10.6 Å². The maximum atomic E-state index is 5.92. The van der Waals surface area contributed by atoms with E-state index in [0.717, 1.165) is 17.6 Å². The number of hydrogen-bond acceptors (Lipinski definition) is 3. The summed E-state index contributed by atoms with van der Waals surface area (Å²) in [6, 6.07) is 7.16. The quantitative estimate of drug-likeness (QED) is 0.803. The van der Waals surface area contributed by atoms with Crippen LogP contribution in [-0.2, 0) is 6.42 Å². The first kappa shape index (κ1) is 10.7. The number of nitrogens with zero attached hydrogens (tertiary/aromatic N) is 2. The Labute approximate surface area is 109 Å². The number of benzene rings is 1. The lowest BCUT2D eigenvalue weighted by molar-refractivity contribution is 0.162. The molecule has 2 bridgehead atoms. The molecule has 0 radical (unpaired) electrons. The summed E-state index contributed by atoms with van der Waals surface area (Å²) in [5, 5.41) is 0. The van der Waals surface area contributed by atoms with Crippen LogP contribution in [0.15, 0.2) is 18.2 Å². The van der Waals surface area contributed by atoms with E-state index in [1.54, 1.807) is 0 Å². The third kappa shape index (κ3) is 1.77. The zero-order valence-electron chi connectivity index (χ0n) is 10.8. The lowest BCUT2D eigenvalue weighted by Gasteiger charge is -2.47. The van der Waals surface area contributed by atoms with Gasteiger partial charge in [-0.3, -0.25) is 4.90 Å². The SMILES string of the molecule is Nc1ccc2c(c1)N1CCN(CC3CC3)[C@@H](C2)C1. The van der Waals surface area contributed by atoms with Crippen molar-refractivity contribution < 1.29 is 0 Å². The van der Waals surface area contributed by atoms with Gasteiger partial charge in [0.15, 0.2) is 0 Å². The van der Waals surface area contributed by atoms with Crippen LogP contribution in [0.3, 0.4) is 0 Å². The molecule has 0 spiro atoms. The summed E-state index contributed by atoms with van der Waals surface area (Å²) in [5.74, 6) is 1.00. The van der Waals surface area contributed by atoms with Gasteiger partial charge in [0.05, 0.1) is 0 Å². The normalized spacial score (nSPS) is 27.1. The predicted molar refractivity (Wildman–Crippen MR) is 74.9 cm³/mol. The van der Waals surface area contributed by atoms with Gasteiger partial charge >= 0.3 is 0 Å². The van der Waals surface area contributed by atoms with Crippen molar-refractivity contribution in [3.8, 4) is 0 Å². The first-order valence-electron chi connectivity index (χ1n) is 7.17. The molecule has 2 fully saturated rings. The second-order valence-electron chi connectivity index (χ2n) is 6.13. The van der Waals surface area contributed by atoms with E-state index in [9.17, 15) is 0 Å². The summed E-state index contributed by atoms with van der Waals surface area (Å²) < 4.78 is 0. The highest BCUT2D eigenvalue weighted by molar-refractivity contribution is 5.63. The average molecular weight is 243 g/mol. The Morgan fingerprint density at radius 3 is 2.94 bits per heavy atom.